The molecule has 1 saturated carbocycles. The Kier molecular flexibility index (Phi) is 4.04. The zero-order valence-electron chi connectivity index (χ0n) is 14.1. The summed E-state index contributed by atoms with van der Waals surface area (Å²) in [6, 6.07) is 4.63. The van der Waals surface area contributed by atoms with Gasteiger partial charge in [0.15, 0.2) is 0 Å². The molecule has 4 rings (SSSR count). The fourth-order valence-corrected chi connectivity index (χ4v) is 2.82. The van der Waals surface area contributed by atoms with E-state index in [0.717, 1.165) is 18.7 Å². The van der Waals surface area contributed by atoms with Crippen molar-refractivity contribution in [2.45, 2.75) is 18.9 Å². The number of carboxylic acid groups (broad SMARTS) is 1. The molecule has 0 unspecified atom stereocenters. The molecular weight excluding hydrogens is 334 g/mol. The van der Waals surface area contributed by atoms with E-state index in [1.54, 1.807) is 16.9 Å². The maximum absolute atomic E-state index is 11.2. The molecule has 26 heavy (non-hydrogen) atoms. The summed E-state index contributed by atoms with van der Waals surface area (Å²) in [4.78, 5) is 28.5. The highest BCUT2D eigenvalue weighted by Crippen LogP contribution is 2.41. The lowest BCUT2D eigenvalue weighted by Crippen LogP contribution is -2.19. The predicted molar refractivity (Wildman–Crippen MR) is 92.3 cm³/mol. The van der Waals surface area contributed by atoms with Gasteiger partial charge in [0.2, 0.25) is 5.95 Å². The number of aromatic carboxylic acids is 1. The first-order chi connectivity index (χ1) is 12.6. The normalized spacial score (nSPS) is 14.8. The number of carbonyl (C=O) groups is 1. The fourth-order valence-electron chi connectivity index (χ4n) is 2.82. The van der Waals surface area contributed by atoms with Gasteiger partial charge in [-0.2, -0.15) is 5.10 Å². The van der Waals surface area contributed by atoms with E-state index in [4.69, 9.17) is 5.11 Å². The number of rotatable bonds is 6. The molecule has 1 aliphatic rings. The average molecular weight is 351 g/mol. The van der Waals surface area contributed by atoms with E-state index in [0.29, 0.717) is 23.3 Å². The summed E-state index contributed by atoms with van der Waals surface area (Å²) >= 11 is 0. The van der Waals surface area contributed by atoms with Crippen LogP contribution in [0.5, 0.6) is 0 Å². The van der Waals surface area contributed by atoms with E-state index < -0.39 is 5.97 Å². The molecule has 0 aromatic carbocycles. The molecule has 9 heteroatoms. The SMILES string of the molecule is Cn1ncnc1[C@@H](Nc1nccc(-c2cc(C(=O)O)ccn2)n1)C1CC1. The Hall–Kier alpha value is -3.36. The molecule has 3 aromatic heterocycles. The third kappa shape index (κ3) is 3.23. The van der Waals surface area contributed by atoms with Crippen molar-refractivity contribution in [2.75, 3.05) is 5.32 Å². The van der Waals surface area contributed by atoms with E-state index in [1.807, 2.05) is 7.05 Å². The molecule has 132 valence electrons. The molecule has 0 radical (unpaired) electrons. The molecule has 0 bridgehead atoms. The van der Waals surface area contributed by atoms with Gasteiger partial charge in [-0.25, -0.2) is 19.7 Å². The molecule has 1 fully saturated rings. The van der Waals surface area contributed by atoms with Crippen LogP contribution in [0.4, 0.5) is 5.95 Å². The van der Waals surface area contributed by atoms with Crippen LogP contribution >= 0.6 is 0 Å². The van der Waals surface area contributed by atoms with Crippen LogP contribution in [0.3, 0.4) is 0 Å². The van der Waals surface area contributed by atoms with Gasteiger partial charge in [-0.05, 0) is 37.0 Å². The highest BCUT2D eigenvalue weighted by atomic mass is 16.4. The molecule has 1 atom stereocenters. The largest absolute Gasteiger partial charge is 0.478 e. The topological polar surface area (TPSA) is 119 Å². The first kappa shape index (κ1) is 16.1. The number of aromatic nitrogens is 6. The van der Waals surface area contributed by atoms with Gasteiger partial charge in [0, 0.05) is 19.4 Å². The summed E-state index contributed by atoms with van der Waals surface area (Å²) < 4.78 is 1.75. The number of hydrogen-bond donors (Lipinski definition) is 2. The Labute approximate surface area is 149 Å². The number of hydrogen-bond acceptors (Lipinski definition) is 7. The van der Waals surface area contributed by atoms with E-state index >= 15 is 0 Å². The third-order valence-electron chi connectivity index (χ3n) is 4.33. The highest BCUT2D eigenvalue weighted by Gasteiger charge is 2.35. The van der Waals surface area contributed by atoms with Crippen molar-refractivity contribution in [3.8, 4) is 11.4 Å². The molecular formula is C17H17N7O2. The number of nitrogens with one attached hydrogen (secondary N) is 1. The summed E-state index contributed by atoms with van der Waals surface area (Å²) in [6.07, 6.45) is 6.85. The Morgan fingerprint density at radius 3 is 2.73 bits per heavy atom. The maximum Gasteiger partial charge on any atom is 0.335 e. The van der Waals surface area contributed by atoms with Crippen molar-refractivity contribution in [3.05, 3.63) is 48.3 Å². The lowest BCUT2D eigenvalue weighted by molar-refractivity contribution is 0.0697. The number of aryl methyl sites for hydroxylation is 1. The van der Waals surface area contributed by atoms with Gasteiger partial charge >= 0.3 is 5.97 Å². The highest BCUT2D eigenvalue weighted by molar-refractivity contribution is 5.88. The molecule has 0 saturated heterocycles. The number of carboxylic acids is 1. The van der Waals surface area contributed by atoms with E-state index in [2.05, 4.69) is 30.4 Å². The zero-order chi connectivity index (χ0) is 18.1. The maximum atomic E-state index is 11.2. The fraction of sp³-hybridized carbons (Fsp3) is 0.294. The Morgan fingerprint density at radius 1 is 1.23 bits per heavy atom. The number of pyridine rings is 1. The van der Waals surface area contributed by atoms with Gasteiger partial charge < -0.3 is 10.4 Å². The minimum absolute atomic E-state index is 0.0175. The number of anilines is 1. The van der Waals surface area contributed by atoms with Crippen LogP contribution in [0.25, 0.3) is 11.4 Å². The first-order valence-electron chi connectivity index (χ1n) is 8.25. The van der Waals surface area contributed by atoms with Crippen molar-refractivity contribution < 1.29 is 9.90 Å². The van der Waals surface area contributed by atoms with Crippen LogP contribution in [0.1, 0.15) is 35.1 Å². The second kappa shape index (κ2) is 6.51. The molecule has 3 heterocycles. The molecule has 0 spiro atoms. The van der Waals surface area contributed by atoms with Gasteiger partial charge in [0.25, 0.3) is 0 Å². The lowest BCUT2D eigenvalue weighted by Gasteiger charge is -2.17. The van der Waals surface area contributed by atoms with E-state index in [-0.39, 0.29) is 11.6 Å². The average Bonchev–Trinajstić information content (AvgIpc) is 3.41. The quantitative estimate of drug-likeness (QED) is 0.691. The molecule has 1 aliphatic carbocycles. The minimum atomic E-state index is -1.00. The van der Waals surface area contributed by atoms with Gasteiger partial charge in [-0.15, -0.1) is 0 Å². The first-order valence-corrected chi connectivity index (χ1v) is 8.25. The smallest absolute Gasteiger partial charge is 0.335 e. The van der Waals surface area contributed by atoms with Crippen LogP contribution in [-0.2, 0) is 7.05 Å². The van der Waals surface area contributed by atoms with Gasteiger partial charge in [-0.1, -0.05) is 0 Å². The molecule has 0 aliphatic heterocycles. The van der Waals surface area contributed by atoms with Crippen LogP contribution in [-0.4, -0.2) is 40.8 Å². The van der Waals surface area contributed by atoms with E-state index in [9.17, 15) is 4.79 Å². The summed E-state index contributed by atoms with van der Waals surface area (Å²) in [6.45, 7) is 0. The summed E-state index contributed by atoms with van der Waals surface area (Å²) in [5.41, 5.74) is 1.20. The van der Waals surface area contributed by atoms with Crippen molar-refractivity contribution in [2.24, 2.45) is 13.0 Å². The standard InChI is InChI=1S/C17H17N7O2/c1-24-15(20-9-21-24)14(10-2-3-10)23-17-19-7-5-12(22-17)13-8-11(16(25)26)4-6-18-13/h4-10,14H,2-3H2,1H3,(H,25,26)(H,19,22,23)/t14-/m0/s1. The van der Waals surface area contributed by atoms with E-state index in [1.165, 1.54) is 24.7 Å². The Balaban J connectivity index is 1.62. The lowest BCUT2D eigenvalue weighted by atomic mass is 10.1. The van der Waals surface area contributed by atoms with Crippen molar-refractivity contribution in [3.63, 3.8) is 0 Å². The Morgan fingerprint density at radius 2 is 2.04 bits per heavy atom. The monoisotopic (exact) mass is 351 g/mol. The summed E-state index contributed by atoms with van der Waals surface area (Å²) in [7, 11) is 1.86. The third-order valence-corrected chi connectivity index (χ3v) is 4.33. The predicted octanol–water partition coefficient (Wildman–Crippen LogP) is 1.93. The molecule has 0 amide bonds. The molecule has 9 nitrogen and oxygen atoms in total. The van der Waals surface area contributed by atoms with Crippen molar-refractivity contribution >= 4 is 11.9 Å². The minimum Gasteiger partial charge on any atom is -0.478 e. The van der Waals surface area contributed by atoms with Gasteiger partial charge in [0.05, 0.1) is 23.0 Å². The van der Waals surface area contributed by atoms with Gasteiger partial charge in [0.1, 0.15) is 12.2 Å². The zero-order valence-corrected chi connectivity index (χ0v) is 14.1. The van der Waals surface area contributed by atoms with Crippen LogP contribution in [0, 0.1) is 5.92 Å². The molecule has 3 aromatic rings. The summed E-state index contributed by atoms with van der Waals surface area (Å²) in [5.74, 6) is 0.758. The van der Waals surface area contributed by atoms with Crippen LogP contribution in [0.15, 0.2) is 36.9 Å². The second-order valence-corrected chi connectivity index (χ2v) is 6.20. The molecule has 2 N–H and O–H groups in total. The Bertz CT molecular complexity index is 952. The van der Waals surface area contributed by atoms with Crippen molar-refractivity contribution in [1.82, 2.24) is 29.7 Å². The van der Waals surface area contributed by atoms with Crippen molar-refractivity contribution in [1.29, 1.82) is 0 Å². The van der Waals surface area contributed by atoms with Crippen LogP contribution in [0.2, 0.25) is 0 Å². The number of nitrogens with zero attached hydrogens (tertiary/aromatic N) is 6. The van der Waals surface area contributed by atoms with Gasteiger partial charge in [-0.3, -0.25) is 9.67 Å². The van der Waals surface area contributed by atoms with Crippen LogP contribution < -0.4 is 5.32 Å². The summed E-state index contributed by atoms with van der Waals surface area (Å²) in [5, 5.41) is 16.6. The second-order valence-electron chi connectivity index (χ2n) is 6.20.